The van der Waals surface area contributed by atoms with Gasteiger partial charge in [0.05, 0.1) is 5.92 Å². The highest BCUT2D eigenvalue weighted by Gasteiger charge is 2.06. The largest absolute Gasteiger partial charge is 0.353 e. The minimum absolute atomic E-state index is 0.0463. The summed E-state index contributed by atoms with van der Waals surface area (Å²) in [5, 5.41) is 2.77. The SMILES string of the molecule is C[C](C)C(=O)NC(C)C. The van der Waals surface area contributed by atoms with Gasteiger partial charge in [0, 0.05) is 6.04 Å². The van der Waals surface area contributed by atoms with Crippen molar-refractivity contribution in [2.75, 3.05) is 0 Å². The summed E-state index contributed by atoms with van der Waals surface area (Å²) in [6, 6.07) is 0.243. The number of rotatable bonds is 2. The van der Waals surface area contributed by atoms with Crippen LogP contribution in [0.4, 0.5) is 0 Å². The van der Waals surface area contributed by atoms with Gasteiger partial charge in [-0.15, -0.1) is 0 Å². The summed E-state index contributed by atoms with van der Waals surface area (Å²) in [7, 11) is 0. The highest BCUT2D eigenvalue weighted by Crippen LogP contribution is 1.94. The Bertz CT molecular complexity index is 97.1. The Balaban J connectivity index is 3.51. The Morgan fingerprint density at radius 1 is 1.33 bits per heavy atom. The molecule has 0 saturated carbocycles. The predicted octanol–water partition coefficient (Wildman–Crippen LogP) is 1.13. The zero-order valence-corrected chi connectivity index (χ0v) is 6.49. The molecule has 0 fully saturated rings. The second kappa shape index (κ2) is 3.49. The number of hydrogen-bond acceptors (Lipinski definition) is 1. The molecule has 0 aliphatic heterocycles. The average Bonchev–Trinajstić information content (AvgIpc) is 1.63. The third-order valence-corrected chi connectivity index (χ3v) is 0.874. The van der Waals surface area contributed by atoms with Crippen molar-refractivity contribution in [1.82, 2.24) is 5.32 Å². The van der Waals surface area contributed by atoms with E-state index in [2.05, 4.69) is 5.32 Å². The summed E-state index contributed by atoms with van der Waals surface area (Å²) in [6.07, 6.45) is 0. The van der Waals surface area contributed by atoms with E-state index in [1.165, 1.54) is 0 Å². The third kappa shape index (κ3) is 4.01. The maximum atomic E-state index is 10.8. The molecule has 53 valence electrons. The zero-order chi connectivity index (χ0) is 7.44. The maximum absolute atomic E-state index is 10.8. The van der Waals surface area contributed by atoms with Crippen LogP contribution in [0.25, 0.3) is 0 Å². The number of amides is 1. The van der Waals surface area contributed by atoms with Crippen LogP contribution >= 0.6 is 0 Å². The Hall–Kier alpha value is -0.530. The van der Waals surface area contributed by atoms with Gasteiger partial charge in [-0.3, -0.25) is 4.79 Å². The molecule has 0 aromatic rings. The minimum atomic E-state index is 0.0463. The summed E-state index contributed by atoms with van der Waals surface area (Å²) in [5.41, 5.74) is 0. The van der Waals surface area contributed by atoms with Gasteiger partial charge in [0.2, 0.25) is 5.91 Å². The van der Waals surface area contributed by atoms with Crippen molar-refractivity contribution >= 4 is 5.91 Å². The molecule has 9 heavy (non-hydrogen) atoms. The van der Waals surface area contributed by atoms with E-state index in [1.807, 2.05) is 13.8 Å². The summed E-state index contributed by atoms with van der Waals surface area (Å²) < 4.78 is 0. The van der Waals surface area contributed by atoms with Crippen LogP contribution < -0.4 is 5.32 Å². The van der Waals surface area contributed by atoms with Gasteiger partial charge >= 0.3 is 0 Å². The Morgan fingerprint density at radius 2 is 1.78 bits per heavy atom. The average molecular weight is 128 g/mol. The molecule has 0 rings (SSSR count). The van der Waals surface area contributed by atoms with E-state index in [0.29, 0.717) is 0 Å². The monoisotopic (exact) mass is 128 g/mol. The lowest BCUT2D eigenvalue weighted by Crippen LogP contribution is -2.32. The molecule has 1 radical (unpaired) electrons. The lowest BCUT2D eigenvalue weighted by Gasteiger charge is -2.09. The van der Waals surface area contributed by atoms with Gasteiger partial charge in [0.15, 0.2) is 0 Å². The second-order valence-corrected chi connectivity index (χ2v) is 2.63. The van der Waals surface area contributed by atoms with Crippen LogP contribution in [-0.2, 0) is 4.79 Å². The van der Waals surface area contributed by atoms with E-state index >= 15 is 0 Å². The quantitative estimate of drug-likeness (QED) is 0.593. The fraction of sp³-hybridized carbons (Fsp3) is 0.714. The smallest absolute Gasteiger partial charge is 0.226 e. The molecule has 0 bridgehead atoms. The molecule has 2 nitrogen and oxygen atoms in total. The molecule has 0 aliphatic rings. The molecule has 1 N–H and O–H groups in total. The minimum Gasteiger partial charge on any atom is -0.353 e. The van der Waals surface area contributed by atoms with Gasteiger partial charge in [-0.25, -0.2) is 0 Å². The zero-order valence-electron chi connectivity index (χ0n) is 6.49. The fourth-order valence-electron chi connectivity index (χ4n) is 0.407. The van der Waals surface area contributed by atoms with Crippen molar-refractivity contribution in [2.45, 2.75) is 33.7 Å². The van der Waals surface area contributed by atoms with Crippen LogP contribution in [0.5, 0.6) is 0 Å². The molecule has 0 aromatic heterocycles. The van der Waals surface area contributed by atoms with Crippen LogP contribution in [0, 0.1) is 5.92 Å². The Labute approximate surface area is 56.6 Å². The highest BCUT2D eigenvalue weighted by atomic mass is 16.1. The first-order valence-electron chi connectivity index (χ1n) is 3.15. The van der Waals surface area contributed by atoms with E-state index in [-0.39, 0.29) is 11.9 Å². The second-order valence-electron chi connectivity index (χ2n) is 2.63. The standard InChI is InChI=1S/C7H14NO/c1-5(2)7(9)8-6(3)4/h6H,1-4H3,(H,8,9). The molecule has 0 aliphatic carbocycles. The number of hydrogen-bond donors (Lipinski definition) is 1. The van der Waals surface area contributed by atoms with Gasteiger partial charge in [-0.1, -0.05) is 13.8 Å². The summed E-state index contributed by atoms with van der Waals surface area (Å²) in [6.45, 7) is 7.50. The van der Waals surface area contributed by atoms with E-state index < -0.39 is 0 Å². The normalized spacial score (nSPS) is 10.4. The first-order chi connectivity index (χ1) is 4.04. The molecule has 2 heteroatoms. The third-order valence-electron chi connectivity index (χ3n) is 0.874. The van der Waals surface area contributed by atoms with Crippen molar-refractivity contribution in [2.24, 2.45) is 0 Å². The Morgan fingerprint density at radius 3 is 1.89 bits per heavy atom. The van der Waals surface area contributed by atoms with Crippen LogP contribution in [0.3, 0.4) is 0 Å². The van der Waals surface area contributed by atoms with Crippen molar-refractivity contribution < 1.29 is 4.79 Å². The molecule has 0 atom stereocenters. The molecular weight excluding hydrogens is 114 g/mol. The molecule has 0 spiro atoms. The first-order valence-corrected chi connectivity index (χ1v) is 3.15. The molecule has 0 unspecified atom stereocenters. The van der Waals surface area contributed by atoms with Gasteiger partial charge in [-0.2, -0.15) is 0 Å². The van der Waals surface area contributed by atoms with Crippen molar-refractivity contribution in [3.63, 3.8) is 0 Å². The van der Waals surface area contributed by atoms with E-state index in [0.717, 1.165) is 5.92 Å². The topological polar surface area (TPSA) is 29.1 Å². The molecule has 0 heterocycles. The van der Waals surface area contributed by atoms with Crippen molar-refractivity contribution in [3.8, 4) is 0 Å². The predicted molar refractivity (Wildman–Crippen MR) is 37.9 cm³/mol. The molecule has 1 amide bonds. The summed E-state index contributed by atoms with van der Waals surface area (Å²) in [5.74, 6) is 0.855. The summed E-state index contributed by atoms with van der Waals surface area (Å²) >= 11 is 0. The molecule has 0 saturated heterocycles. The van der Waals surface area contributed by atoms with Gasteiger partial charge in [0.25, 0.3) is 0 Å². The van der Waals surface area contributed by atoms with Crippen molar-refractivity contribution in [1.29, 1.82) is 0 Å². The van der Waals surface area contributed by atoms with Crippen LogP contribution in [0.2, 0.25) is 0 Å². The molecule has 0 aromatic carbocycles. The number of nitrogens with one attached hydrogen (secondary N) is 1. The van der Waals surface area contributed by atoms with Crippen LogP contribution in [-0.4, -0.2) is 11.9 Å². The Kier molecular flexibility index (Phi) is 3.28. The maximum Gasteiger partial charge on any atom is 0.226 e. The lowest BCUT2D eigenvalue weighted by atomic mass is 10.2. The van der Waals surface area contributed by atoms with Crippen molar-refractivity contribution in [3.05, 3.63) is 5.92 Å². The first kappa shape index (κ1) is 8.47. The van der Waals surface area contributed by atoms with E-state index in [1.54, 1.807) is 13.8 Å². The lowest BCUT2D eigenvalue weighted by molar-refractivity contribution is -0.119. The number of carbonyl (C=O) groups excluding carboxylic acids is 1. The van der Waals surface area contributed by atoms with E-state index in [9.17, 15) is 4.79 Å². The van der Waals surface area contributed by atoms with Gasteiger partial charge < -0.3 is 5.32 Å². The fourth-order valence-corrected chi connectivity index (χ4v) is 0.407. The van der Waals surface area contributed by atoms with Gasteiger partial charge in [0.1, 0.15) is 0 Å². The summed E-state index contributed by atoms with van der Waals surface area (Å²) in [4.78, 5) is 10.8. The van der Waals surface area contributed by atoms with Crippen LogP contribution in [0.1, 0.15) is 27.7 Å². The highest BCUT2D eigenvalue weighted by molar-refractivity contribution is 5.88. The van der Waals surface area contributed by atoms with Gasteiger partial charge in [-0.05, 0) is 13.8 Å². The number of carbonyl (C=O) groups is 1. The molecular formula is C7H14NO. The van der Waals surface area contributed by atoms with Crippen LogP contribution in [0.15, 0.2) is 0 Å². The van der Waals surface area contributed by atoms with E-state index in [4.69, 9.17) is 0 Å².